The molecule has 1 amide bonds. The highest BCUT2D eigenvalue weighted by molar-refractivity contribution is 7.09. The number of hydrogen-bond donors (Lipinski definition) is 1. The molecule has 0 radical (unpaired) electrons. The van der Waals surface area contributed by atoms with E-state index in [1.165, 1.54) is 11.3 Å². The third-order valence-electron chi connectivity index (χ3n) is 4.08. The first-order valence-electron chi connectivity index (χ1n) is 8.75. The van der Waals surface area contributed by atoms with Gasteiger partial charge in [-0.3, -0.25) is 4.79 Å². The fourth-order valence-electron chi connectivity index (χ4n) is 2.57. The Labute approximate surface area is 173 Å². The van der Waals surface area contributed by atoms with Crippen molar-refractivity contribution in [1.82, 2.24) is 10.3 Å². The van der Waals surface area contributed by atoms with E-state index in [0.717, 1.165) is 33.3 Å². The third-order valence-corrected chi connectivity index (χ3v) is 5.20. The molecule has 3 rings (SSSR count). The average Bonchev–Trinajstić information content (AvgIpc) is 3.14. The molecule has 2 aromatic carbocycles. The number of thiazole rings is 1. The Balaban J connectivity index is 1.47. The number of carbonyl (C=O) groups is 1. The second-order valence-corrected chi connectivity index (χ2v) is 7.61. The molecule has 1 aromatic heterocycles. The van der Waals surface area contributed by atoms with Crippen molar-refractivity contribution in [1.29, 1.82) is 0 Å². The van der Waals surface area contributed by atoms with E-state index in [1.807, 2.05) is 42.6 Å². The molecule has 0 saturated carbocycles. The van der Waals surface area contributed by atoms with E-state index in [1.54, 1.807) is 19.2 Å². The Bertz CT molecular complexity index is 941. The number of carbonyl (C=O) groups excluding carboxylic acids is 1. The lowest BCUT2D eigenvalue weighted by atomic mass is 10.1. The molecule has 0 fully saturated rings. The molecular formula is C21H21ClN2O3S. The Morgan fingerprint density at radius 3 is 2.75 bits per heavy atom. The van der Waals surface area contributed by atoms with Gasteiger partial charge in [-0.25, -0.2) is 4.98 Å². The lowest BCUT2D eigenvalue weighted by molar-refractivity contribution is -0.120. The quantitative estimate of drug-likeness (QED) is 0.585. The van der Waals surface area contributed by atoms with Gasteiger partial charge in [-0.2, -0.15) is 0 Å². The second-order valence-electron chi connectivity index (χ2n) is 6.23. The van der Waals surface area contributed by atoms with Crippen LogP contribution >= 0.6 is 22.9 Å². The van der Waals surface area contributed by atoms with Crippen LogP contribution in [0.25, 0.3) is 0 Å². The molecule has 3 aromatic rings. The zero-order chi connectivity index (χ0) is 19.9. The van der Waals surface area contributed by atoms with Gasteiger partial charge in [-0.1, -0.05) is 23.7 Å². The average molecular weight is 417 g/mol. The van der Waals surface area contributed by atoms with E-state index in [9.17, 15) is 4.79 Å². The Morgan fingerprint density at radius 2 is 2.00 bits per heavy atom. The number of amides is 1. The van der Waals surface area contributed by atoms with Crippen LogP contribution in [0.15, 0.2) is 47.8 Å². The molecule has 0 aliphatic heterocycles. The van der Waals surface area contributed by atoms with Crippen molar-refractivity contribution >= 4 is 28.8 Å². The van der Waals surface area contributed by atoms with Crippen molar-refractivity contribution in [3.63, 3.8) is 0 Å². The standard InChI is InChI=1S/C21H21ClN2O3S/c1-14-3-4-15(9-19(14)26-2)11-23-20(25)10-17-13-28-21(24-17)12-27-18-7-5-16(22)6-8-18/h3-9,13H,10-12H2,1-2H3,(H,23,25). The molecule has 7 heteroatoms. The van der Waals surface area contributed by atoms with Crippen molar-refractivity contribution in [3.05, 3.63) is 74.7 Å². The van der Waals surface area contributed by atoms with Crippen molar-refractivity contribution in [2.75, 3.05) is 7.11 Å². The molecule has 0 aliphatic carbocycles. The summed E-state index contributed by atoms with van der Waals surface area (Å²) in [6, 6.07) is 13.1. The van der Waals surface area contributed by atoms with E-state index in [0.29, 0.717) is 18.2 Å². The summed E-state index contributed by atoms with van der Waals surface area (Å²) in [5.41, 5.74) is 2.79. The fourth-order valence-corrected chi connectivity index (χ4v) is 3.41. The molecule has 1 N–H and O–H groups in total. The summed E-state index contributed by atoms with van der Waals surface area (Å²) in [6.45, 7) is 2.79. The highest BCUT2D eigenvalue weighted by Crippen LogP contribution is 2.20. The molecule has 0 atom stereocenters. The molecule has 28 heavy (non-hydrogen) atoms. The van der Waals surface area contributed by atoms with Crippen molar-refractivity contribution in [3.8, 4) is 11.5 Å². The number of nitrogens with one attached hydrogen (secondary N) is 1. The van der Waals surface area contributed by atoms with Crippen LogP contribution in [0.4, 0.5) is 0 Å². The van der Waals surface area contributed by atoms with Gasteiger partial charge in [0.25, 0.3) is 0 Å². The van der Waals surface area contributed by atoms with Crippen LogP contribution in [0.2, 0.25) is 5.02 Å². The summed E-state index contributed by atoms with van der Waals surface area (Å²) >= 11 is 7.33. The molecule has 1 heterocycles. The van der Waals surface area contributed by atoms with Gasteiger partial charge in [0.1, 0.15) is 23.1 Å². The first-order chi connectivity index (χ1) is 13.5. The Hall–Kier alpha value is -2.57. The molecule has 0 saturated heterocycles. The van der Waals surface area contributed by atoms with E-state index in [4.69, 9.17) is 21.1 Å². The molecule has 146 valence electrons. The van der Waals surface area contributed by atoms with Gasteiger partial charge >= 0.3 is 0 Å². The third kappa shape index (κ3) is 5.71. The van der Waals surface area contributed by atoms with Crippen LogP contribution < -0.4 is 14.8 Å². The molecule has 0 bridgehead atoms. The van der Waals surface area contributed by atoms with Crippen LogP contribution in [0.1, 0.15) is 21.8 Å². The van der Waals surface area contributed by atoms with Crippen LogP contribution in [-0.4, -0.2) is 18.0 Å². The van der Waals surface area contributed by atoms with Crippen molar-refractivity contribution < 1.29 is 14.3 Å². The molecule has 0 unspecified atom stereocenters. The topological polar surface area (TPSA) is 60.5 Å². The molecule has 0 spiro atoms. The highest BCUT2D eigenvalue weighted by atomic mass is 35.5. The fraction of sp³-hybridized carbons (Fsp3) is 0.238. The first kappa shape index (κ1) is 20.2. The summed E-state index contributed by atoms with van der Waals surface area (Å²) in [5, 5.41) is 6.29. The number of aryl methyl sites for hydroxylation is 1. The Morgan fingerprint density at radius 1 is 1.21 bits per heavy atom. The largest absolute Gasteiger partial charge is 0.496 e. The maximum absolute atomic E-state index is 12.2. The molecular weight excluding hydrogens is 396 g/mol. The van der Waals surface area contributed by atoms with Crippen LogP contribution in [0, 0.1) is 6.92 Å². The predicted octanol–water partition coefficient (Wildman–Crippen LogP) is 4.55. The summed E-state index contributed by atoms with van der Waals surface area (Å²) in [6.07, 6.45) is 0.237. The van der Waals surface area contributed by atoms with Crippen LogP contribution in [-0.2, 0) is 24.4 Å². The maximum atomic E-state index is 12.2. The number of halogens is 1. The van der Waals surface area contributed by atoms with E-state index in [2.05, 4.69) is 10.3 Å². The van der Waals surface area contributed by atoms with Crippen molar-refractivity contribution in [2.45, 2.75) is 26.5 Å². The number of benzene rings is 2. The number of aromatic nitrogens is 1. The minimum absolute atomic E-state index is 0.0741. The zero-order valence-electron chi connectivity index (χ0n) is 15.7. The van der Waals surface area contributed by atoms with Crippen molar-refractivity contribution in [2.24, 2.45) is 0 Å². The number of ether oxygens (including phenoxy) is 2. The minimum atomic E-state index is -0.0741. The minimum Gasteiger partial charge on any atom is -0.496 e. The van der Waals surface area contributed by atoms with E-state index >= 15 is 0 Å². The highest BCUT2D eigenvalue weighted by Gasteiger charge is 2.09. The monoisotopic (exact) mass is 416 g/mol. The second kappa shape index (κ2) is 9.57. The van der Waals surface area contributed by atoms with E-state index < -0.39 is 0 Å². The SMILES string of the molecule is COc1cc(CNC(=O)Cc2csc(COc3ccc(Cl)cc3)n2)ccc1C. The predicted molar refractivity (Wildman–Crippen MR) is 111 cm³/mol. The summed E-state index contributed by atoms with van der Waals surface area (Å²) in [4.78, 5) is 16.7. The summed E-state index contributed by atoms with van der Waals surface area (Å²) in [7, 11) is 1.64. The van der Waals surface area contributed by atoms with Gasteiger partial charge in [0.2, 0.25) is 5.91 Å². The normalized spacial score (nSPS) is 10.5. The van der Waals surface area contributed by atoms with Crippen LogP contribution in [0.5, 0.6) is 11.5 Å². The maximum Gasteiger partial charge on any atom is 0.226 e. The van der Waals surface area contributed by atoms with Gasteiger partial charge in [0, 0.05) is 16.9 Å². The van der Waals surface area contributed by atoms with Gasteiger partial charge < -0.3 is 14.8 Å². The smallest absolute Gasteiger partial charge is 0.226 e. The number of nitrogens with zero attached hydrogens (tertiary/aromatic N) is 1. The van der Waals surface area contributed by atoms with Gasteiger partial charge in [0.05, 0.1) is 19.2 Å². The summed E-state index contributed by atoms with van der Waals surface area (Å²) < 4.78 is 11.0. The van der Waals surface area contributed by atoms with Gasteiger partial charge in [0.15, 0.2) is 0 Å². The zero-order valence-corrected chi connectivity index (χ0v) is 17.3. The molecule has 0 aliphatic rings. The van der Waals surface area contributed by atoms with Gasteiger partial charge in [-0.05, 0) is 48.4 Å². The number of methoxy groups -OCH3 is 1. The molecule has 5 nitrogen and oxygen atoms in total. The lowest BCUT2D eigenvalue weighted by Crippen LogP contribution is -2.24. The number of hydrogen-bond acceptors (Lipinski definition) is 5. The lowest BCUT2D eigenvalue weighted by Gasteiger charge is -2.08. The number of rotatable bonds is 8. The van der Waals surface area contributed by atoms with E-state index in [-0.39, 0.29) is 12.3 Å². The first-order valence-corrected chi connectivity index (χ1v) is 10.0. The van der Waals surface area contributed by atoms with Gasteiger partial charge in [-0.15, -0.1) is 11.3 Å². The van der Waals surface area contributed by atoms with Crippen LogP contribution in [0.3, 0.4) is 0 Å². The Kier molecular flexibility index (Phi) is 6.90. The summed E-state index contributed by atoms with van der Waals surface area (Å²) in [5.74, 6) is 1.47.